The van der Waals surface area contributed by atoms with Crippen molar-refractivity contribution in [3.63, 3.8) is 0 Å². The van der Waals surface area contributed by atoms with Gasteiger partial charge in [0.05, 0.1) is 24.1 Å². The van der Waals surface area contributed by atoms with Crippen molar-refractivity contribution in [1.82, 2.24) is 9.97 Å². The van der Waals surface area contributed by atoms with E-state index in [1.165, 1.54) is 0 Å². The molecule has 0 amide bonds. The lowest BCUT2D eigenvalue weighted by atomic mass is 10.1. The third-order valence-electron chi connectivity index (χ3n) is 1.88. The van der Waals surface area contributed by atoms with E-state index in [0.29, 0.717) is 12.1 Å². The summed E-state index contributed by atoms with van der Waals surface area (Å²) < 4.78 is 5.03. The third kappa shape index (κ3) is 3.08. The zero-order chi connectivity index (χ0) is 9.68. The molecule has 4 nitrogen and oxygen atoms in total. The number of ether oxygens (including phenoxy) is 1. The molecule has 0 saturated heterocycles. The van der Waals surface area contributed by atoms with Crippen LogP contribution in [0.4, 0.5) is 0 Å². The van der Waals surface area contributed by atoms with Gasteiger partial charge in [-0.25, -0.2) is 0 Å². The molecule has 0 aliphatic rings. The van der Waals surface area contributed by atoms with E-state index in [1.54, 1.807) is 25.7 Å². The average Bonchev–Trinajstić information content (AvgIpc) is 2.19. The molecular weight excluding hydrogens is 168 g/mol. The number of aliphatic hydroxyl groups is 1. The van der Waals surface area contributed by atoms with Gasteiger partial charge in [0.25, 0.3) is 0 Å². The molecule has 0 fully saturated rings. The molecule has 4 heteroatoms. The van der Waals surface area contributed by atoms with Crippen molar-refractivity contribution in [3.05, 3.63) is 24.3 Å². The molecule has 0 aromatic carbocycles. The summed E-state index contributed by atoms with van der Waals surface area (Å²) in [4.78, 5) is 7.87. The molecule has 0 saturated carbocycles. The molecule has 0 aliphatic heterocycles. The Morgan fingerprint density at radius 1 is 1.54 bits per heavy atom. The minimum Gasteiger partial charge on any atom is -0.387 e. The van der Waals surface area contributed by atoms with Gasteiger partial charge in [-0.05, 0) is 6.92 Å². The third-order valence-corrected chi connectivity index (χ3v) is 1.88. The number of hydrogen-bond donors (Lipinski definition) is 1. The SMILES string of the molecule is COC(C)CC(O)c1cnccn1. The Labute approximate surface area is 77.6 Å². The molecule has 2 unspecified atom stereocenters. The van der Waals surface area contributed by atoms with Crippen LogP contribution in [0.3, 0.4) is 0 Å². The first-order chi connectivity index (χ1) is 6.24. The molecule has 0 aliphatic carbocycles. The van der Waals surface area contributed by atoms with Crippen LogP contribution >= 0.6 is 0 Å². The Morgan fingerprint density at radius 2 is 2.31 bits per heavy atom. The maximum Gasteiger partial charge on any atom is 0.1000 e. The zero-order valence-electron chi connectivity index (χ0n) is 7.84. The van der Waals surface area contributed by atoms with Gasteiger partial charge in [-0.1, -0.05) is 0 Å². The summed E-state index contributed by atoms with van der Waals surface area (Å²) in [5.74, 6) is 0. The Balaban J connectivity index is 2.53. The van der Waals surface area contributed by atoms with Crippen molar-refractivity contribution in [3.8, 4) is 0 Å². The number of aliphatic hydroxyl groups excluding tert-OH is 1. The summed E-state index contributed by atoms with van der Waals surface area (Å²) in [6.07, 6.45) is 4.68. The number of methoxy groups -OCH3 is 1. The lowest BCUT2D eigenvalue weighted by Crippen LogP contribution is -2.12. The maximum absolute atomic E-state index is 9.64. The molecule has 72 valence electrons. The summed E-state index contributed by atoms with van der Waals surface area (Å²) in [6, 6.07) is 0. The first-order valence-electron chi connectivity index (χ1n) is 4.20. The average molecular weight is 182 g/mol. The Hall–Kier alpha value is -1.00. The van der Waals surface area contributed by atoms with Gasteiger partial charge in [0.2, 0.25) is 0 Å². The molecule has 13 heavy (non-hydrogen) atoms. The fourth-order valence-corrected chi connectivity index (χ4v) is 1.01. The van der Waals surface area contributed by atoms with E-state index >= 15 is 0 Å². The number of hydrogen-bond acceptors (Lipinski definition) is 4. The number of rotatable bonds is 4. The first kappa shape index (κ1) is 10.1. The highest BCUT2D eigenvalue weighted by molar-refractivity contribution is 4.99. The van der Waals surface area contributed by atoms with Crippen LogP contribution in [0.5, 0.6) is 0 Å². The Kier molecular flexibility index (Phi) is 3.79. The van der Waals surface area contributed by atoms with Crippen LogP contribution in [0.25, 0.3) is 0 Å². The standard InChI is InChI=1S/C9H14N2O2/c1-7(13-2)5-9(12)8-6-10-3-4-11-8/h3-4,6-7,9,12H,5H2,1-2H3. The molecule has 1 aromatic heterocycles. The maximum atomic E-state index is 9.64. The summed E-state index contributed by atoms with van der Waals surface area (Å²) in [6.45, 7) is 1.90. The number of aromatic nitrogens is 2. The predicted octanol–water partition coefficient (Wildman–Crippen LogP) is 0.935. The van der Waals surface area contributed by atoms with Crippen molar-refractivity contribution >= 4 is 0 Å². The van der Waals surface area contributed by atoms with Crippen molar-refractivity contribution in [2.45, 2.75) is 25.6 Å². The molecule has 2 atom stereocenters. The van der Waals surface area contributed by atoms with Crippen LogP contribution in [0, 0.1) is 0 Å². The lowest BCUT2D eigenvalue weighted by Gasteiger charge is -2.13. The molecule has 1 aromatic rings. The monoisotopic (exact) mass is 182 g/mol. The van der Waals surface area contributed by atoms with Crippen molar-refractivity contribution < 1.29 is 9.84 Å². The summed E-state index contributed by atoms with van der Waals surface area (Å²) in [5, 5.41) is 9.64. The molecule has 1 heterocycles. The van der Waals surface area contributed by atoms with E-state index in [4.69, 9.17) is 4.74 Å². The molecule has 0 radical (unpaired) electrons. The second kappa shape index (κ2) is 4.89. The van der Waals surface area contributed by atoms with Gasteiger partial charge in [-0.2, -0.15) is 0 Å². The van der Waals surface area contributed by atoms with Crippen LogP contribution in [-0.4, -0.2) is 28.3 Å². The van der Waals surface area contributed by atoms with Crippen molar-refractivity contribution in [2.75, 3.05) is 7.11 Å². The van der Waals surface area contributed by atoms with Gasteiger partial charge < -0.3 is 9.84 Å². The molecule has 1 N–H and O–H groups in total. The zero-order valence-corrected chi connectivity index (χ0v) is 7.84. The van der Waals surface area contributed by atoms with Gasteiger partial charge in [0.1, 0.15) is 0 Å². The van der Waals surface area contributed by atoms with Gasteiger partial charge in [0, 0.05) is 25.9 Å². The van der Waals surface area contributed by atoms with E-state index in [2.05, 4.69) is 9.97 Å². The van der Waals surface area contributed by atoms with Crippen LogP contribution in [0.2, 0.25) is 0 Å². The molecule has 1 rings (SSSR count). The second-order valence-corrected chi connectivity index (χ2v) is 2.93. The fourth-order valence-electron chi connectivity index (χ4n) is 1.01. The van der Waals surface area contributed by atoms with E-state index in [-0.39, 0.29) is 6.10 Å². The van der Waals surface area contributed by atoms with E-state index in [0.717, 1.165) is 0 Å². The normalized spacial score (nSPS) is 15.3. The summed E-state index contributed by atoms with van der Waals surface area (Å²) in [5.41, 5.74) is 0.589. The van der Waals surface area contributed by atoms with Gasteiger partial charge in [-0.15, -0.1) is 0 Å². The van der Waals surface area contributed by atoms with Crippen LogP contribution in [0.1, 0.15) is 25.1 Å². The topological polar surface area (TPSA) is 55.2 Å². The summed E-state index contributed by atoms with van der Waals surface area (Å²) >= 11 is 0. The van der Waals surface area contributed by atoms with Crippen LogP contribution < -0.4 is 0 Å². The van der Waals surface area contributed by atoms with E-state index in [9.17, 15) is 5.11 Å². The highest BCUT2D eigenvalue weighted by atomic mass is 16.5. The second-order valence-electron chi connectivity index (χ2n) is 2.93. The van der Waals surface area contributed by atoms with Gasteiger partial charge in [0.15, 0.2) is 0 Å². The molecule has 0 bridgehead atoms. The Morgan fingerprint density at radius 3 is 2.85 bits per heavy atom. The Bertz CT molecular complexity index is 241. The first-order valence-corrected chi connectivity index (χ1v) is 4.20. The minimum atomic E-state index is -0.594. The largest absolute Gasteiger partial charge is 0.387 e. The quantitative estimate of drug-likeness (QED) is 0.752. The highest BCUT2D eigenvalue weighted by Gasteiger charge is 2.12. The van der Waals surface area contributed by atoms with Gasteiger partial charge in [-0.3, -0.25) is 9.97 Å². The van der Waals surface area contributed by atoms with Crippen molar-refractivity contribution in [1.29, 1.82) is 0 Å². The smallest absolute Gasteiger partial charge is 0.1000 e. The predicted molar refractivity (Wildman–Crippen MR) is 48.1 cm³/mol. The highest BCUT2D eigenvalue weighted by Crippen LogP contribution is 2.15. The van der Waals surface area contributed by atoms with Gasteiger partial charge >= 0.3 is 0 Å². The minimum absolute atomic E-state index is 0.0250. The number of nitrogens with zero attached hydrogens (tertiary/aromatic N) is 2. The van der Waals surface area contributed by atoms with E-state index < -0.39 is 6.10 Å². The van der Waals surface area contributed by atoms with Crippen LogP contribution in [-0.2, 0) is 4.74 Å². The van der Waals surface area contributed by atoms with E-state index in [1.807, 2.05) is 6.92 Å². The lowest BCUT2D eigenvalue weighted by molar-refractivity contribution is 0.0541. The molecule has 0 spiro atoms. The fraction of sp³-hybridized carbons (Fsp3) is 0.556. The van der Waals surface area contributed by atoms with Crippen LogP contribution in [0.15, 0.2) is 18.6 Å². The summed E-state index contributed by atoms with van der Waals surface area (Å²) in [7, 11) is 1.62. The molecular formula is C9H14N2O2. The van der Waals surface area contributed by atoms with Crippen molar-refractivity contribution in [2.24, 2.45) is 0 Å².